The molecule has 3 heterocycles. The number of hydrogen-bond acceptors (Lipinski definition) is 8. The molecule has 1 aliphatic rings. The van der Waals surface area contributed by atoms with Crippen LogP contribution in [0.2, 0.25) is 0 Å². The summed E-state index contributed by atoms with van der Waals surface area (Å²) in [5.74, 6) is -1.46. The van der Waals surface area contributed by atoms with Crippen LogP contribution in [0.15, 0.2) is 55.2 Å². The molecule has 1 aromatic carbocycles. The monoisotopic (exact) mass is 520 g/mol. The third-order valence-electron chi connectivity index (χ3n) is 5.50. The second-order valence-electron chi connectivity index (χ2n) is 8.03. The molecule has 0 radical (unpaired) electrons. The van der Waals surface area contributed by atoms with E-state index in [0.29, 0.717) is 0 Å². The number of benzene rings is 1. The third kappa shape index (κ3) is 5.74. The van der Waals surface area contributed by atoms with Gasteiger partial charge in [0.05, 0.1) is 42.1 Å². The minimum absolute atomic E-state index is 0.0610. The lowest BCUT2D eigenvalue weighted by Gasteiger charge is -2.31. The van der Waals surface area contributed by atoms with Crippen molar-refractivity contribution in [2.75, 3.05) is 30.5 Å². The van der Waals surface area contributed by atoms with E-state index in [1.807, 2.05) is 0 Å². The summed E-state index contributed by atoms with van der Waals surface area (Å²) in [4.78, 5) is 38.5. The summed E-state index contributed by atoms with van der Waals surface area (Å²) in [7, 11) is 1.41. The van der Waals surface area contributed by atoms with E-state index >= 15 is 0 Å². The molecule has 1 atom stereocenters. The standard InChI is InChI=1S/C23H20F4N6O4/c1-33(20(34)22(7-8-36-12-22)32-21(35)37-15-10-28-13-29-11-15)18-6-5-14(9-30-18)31-19-16(23(25,26)27)3-2-4-17(19)24/h2-6,9-11,13,31H,7-8,12H2,1H3,(H,32,35)/t22-/m0/s1. The van der Waals surface area contributed by atoms with E-state index in [1.165, 1.54) is 37.9 Å². The number of likely N-dealkylation sites (N-methyl/N-ethyl adjacent to an activating group) is 1. The molecule has 3 aromatic rings. The van der Waals surface area contributed by atoms with Crippen molar-refractivity contribution < 1.29 is 36.6 Å². The molecule has 10 nitrogen and oxygen atoms in total. The molecule has 0 saturated carbocycles. The molecule has 194 valence electrons. The Balaban J connectivity index is 1.49. The zero-order chi connectivity index (χ0) is 26.6. The molecule has 0 bridgehead atoms. The number of rotatable bonds is 6. The molecule has 2 aromatic heterocycles. The zero-order valence-corrected chi connectivity index (χ0v) is 19.3. The summed E-state index contributed by atoms with van der Waals surface area (Å²) >= 11 is 0. The summed E-state index contributed by atoms with van der Waals surface area (Å²) < 4.78 is 64.4. The molecule has 0 spiro atoms. The first-order valence-electron chi connectivity index (χ1n) is 10.8. The average Bonchev–Trinajstić information content (AvgIpc) is 3.34. The van der Waals surface area contributed by atoms with Gasteiger partial charge in [-0.25, -0.2) is 24.1 Å². The Hall–Kier alpha value is -4.33. The highest BCUT2D eigenvalue weighted by molar-refractivity contribution is 6.01. The minimum Gasteiger partial charge on any atom is -0.407 e. The largest absolute Gasteiger partial charge is 0.418 e. The molecular weight excluding hydrogens is 500 g/mol. The molecule has 1 saturated heterocycles. The van der Waals surface area contributed by atoms with Gasteiger partial charge >= 0.3 is 12.3 Å². The van der Waals surface area contributed by atoms with Crippen molar-refractivity contribution in [3.63, 3.8) is 0 Å². The first-order chi connectivity index (χ1) is 17.6. The lowest BCUT2D eigenvalue weighted by molar-refractivity contribution is -0.137. The van der Waals surface area contributed by atoms with Crippen LogP contribution in [0.25, 0.3) is 0 Å². The predicted molar refractivity (Wildman–Crippen MR) is 122 cm³/mol. The van der Waals surface area contributed by atoms with Crippen LogP contribution in [0.3, 0.4) is 0 Å². The van der Waals surface area contributed by atoms with Crippen LogP contribution >= 0.6 is 0 Å². The fourth-order valence-electron chi connectivity index (χ4n) is 3.67. The van der Waals surface area contributed by atoms with Gasteiger partial charge in [-0.3, -0.25) is 9.69 Å². The van der Waals surface area contributed by atoms with Crippen LogP contribution in [-0.4, -0.2) is 52.8 Å². The van der Waals surface area contributed by atoms with E-state index in [2.05, 4.69) is 25.6 Å². The maximum Gasteiger partial charge on any atom is 0.418 e. The van der Waals surface area contributed by atoms with Gasteiger partial charge in [0.1, 0.15) is 23.5 Å². The van der Waals surface area contributed by atoms with Gasteiger partial charge in [-0.2, -0.15) is 13.2 Å². The van der Waals surface area contributed by atoms with Crippen molar-refractivity contribution >= 4 is 29.2 Å². The summed E-state index contributed by atoms with van der Waals surface area (Å²) in [6.45, 7) is 0.0818. The average molecular weight is 520 g/mol. The van der Waals surface area contributed by atoms with E-state index in [0.717, 1.165) is 29.3 Å². The van der Waals surface area contributed by atoms with Gasteiger partial charge in [0.15, 0.2) is 5.75 Å². The first kappa shape index (κ1) is 25.8. The van der Waals surface area contributed by atoms with Gasteiger partial charge in [0, 0.05) is 20.1 Å². The van der Waals surface area contributed by atoms with Gasteiger partial charge < -0.3 is 20.1 Å². The van der Waals surface area contributed by atoms with Crippen LogP contribution < -0.4 is 20.3 Å². The maximum atomic E-state index is 14.1. The van der Waals surface area contributed by atoms with Crippen molar-refractivity contribution in [1.29, 1.82) is 0 Å². The summed E-state index contributed by atoms with van der Waals surface area (Å²) in [5.41, 5.74) is -3.31. The van der Waals surface area contributed by atoms with Crippen LogP contribution in [0, 0.1) is 5.82 Å². The number of para-hydroxylation sites is 1. The Kier molecular flexibility index (Phi) is 7.20. The third-order valence-corrected chi connectivity index (χ3v) is 5.50. The molecule has 4 rings (SSSR count). The van der Waals surface area contributed by atoms with Gasteiger partial charge in [-0.05, 0) is 24.3 Å². The number of halogens is 4. The smallest absolute Gasteiger partial charge is 0.407 e. The Morgan fingerprint density at radius 2 is 1.89 bits per heavy atom. The molecule has 0 aliphatic carbocycles. The van der Waals surface area contributed by atoms with Crippen molar-refractivity contribution in [3.05, 3.63) is 66.6 Å². The van der Waals surface area contributed by atoms with Crippen LogP contribution in [0.4, 0.5) is 39.5 Å². The van der Waals surface area contributed by atoms with Crippen LogP contribution in [-0.2, 0) is 15.7 Å². The van der Waals surface area contributed by atoms with Crippen molar-refractivity contribution in [3.8, 4) is 5.75 Å². The molecule has 1 aliphatic heterocycles. The molecule has 2 amide bonds. The SMILES string of the molecule is CN(C(=O)[C@]1(NC(=O)Oc2cncnc2)CCOC1)c1ccc(Nc2c(F)cccc2C(F)(F)F)cn1. The molecule has 2 N–H and O–H groups in total. The van der Waals surface area contributed by atoms with Gasteiger partial charge in [0.25, 0.3) is 5.91 Å². The van der Waals surface area contributed by atoms with Crippen LogP contribution in [0.5, 0.6) is 5.75 Å². The zero-order valence-electron chi connectivity index (χ0n) is 19.3. The highest BCUT2D eigenvalue weighted by Crippen LogP contribution is 2.37. The van der Waals surface area contributed by atoms with E-state index in [4.69, 9.17) is 9.47 Å². The molecule has 37 heavy (non-hydrogen) atoms. The van der Waals surface area contributed by atoms with Gasteiger partial charge in [-0.1, -0.05) is 6.07 Å². The fraction of sp³-hybridized carbons (Fsp3) is 0.261. The number of carbonyl (C=O) groups is 2. The highest BCUT2D eigenvalue weighted by atomic mass is 19.4. The van der Waals surface area contributed by atoms with Gasteiger partial charge in [0.2, 0.25) is 0 Å². The summed E-state index contributed by atoms with van der Waals surface area (Å²) in [6, 6.07) is 5.32. The predicted octanol–water partition coefficient (Wildman–Crippen LogP) is 3.68. The number of ether oxygens (including phenoxy) is 2. The Labute approximate surface area is 207 Å². The molecule has 1 fully saturated rings. The number of nitrogens with one attached hydrogen (secondary N) is 2. The Morgan fingerprint density at radius 3 is 2.51 bits per heavy atom. The number of alkyl halides is 3. The number of amides is 2. The second-order valence-corrected chi connectivity index (χ2v) is 8.03. The second kappa shape index (κ2) is 10.3. The minimum atomic E-state index is -4.77. The fourth-order valence-corrected chi connectivity index (χ4v) is 3.67. The van der Waals surface area contributed by atoms with E-state index in [9.17, 15) is 27.2 Å². The Morgan fingerprint density at radius 1 is 1.14 bits per heavy atom. The summed E-state index contributed by atoms with van der Waals surface area (Å²) in [5, 5.41) is 4.93. The normalized spacial score (nSPS) is 17.2. The van der Waals surface area contributed by atoms with E-state index < -0.39 is 40.8 Å². The quantitative estimate of drug-likeness (QED) is 0.473. The molecule has 14 heteroatoms. The summed E-state index contributed by atoms with van der Waals surface area (Å²) in [6.07, 6.45) is -0.573. The van der Waals surface area contributed by atoms with Crippen molar-refractivity contribution in [2.45, 2.75) is 18.1 Å². The number of hydrogen-bond donors (Lipinski definition) is 2. The maximum absolute atomic E-state index is 14.1. The Bertz CT molecular complexity index is 1270. The van der Waals surface area contributed by atoms with Gasteiger partial charge in [-0.15, -0.1) is 0 Å². The lowest BCUT2D eigenvalue weighted by Crippen LogP contribution is -2.60. The van der Waals surface area contributed by atoms with E-state index in [-0.39, 0.29) is 36.9 Å². The lowest BCUT2D eigenvalue weighted by atomic mass is 9.97. The van der Waals surface area contributed by atoms with Crippen molar-refractivity contribution in [2.24, 2.45) is 0 Å². The number of carbonyl (C=O) groups excluding carboxylic acids is 2. The van der Waals surface area contributed by atoms with Crippen LogP contribution in [0.1, 0.15) is 12.0 Å². The molecule has 0 unspecified atom stereocenters. The number of nitrogens with zero attached hydrogens (tertiary/aromatic N) is 4. The number of aromatic nitrogens is 3. The number of pyridine rings is 1. The topological polar surface area (TPSA) is 119 Å². The van der Waals surface area contributed by atoms with Crippen molar-refractivity contribution in [1.82, 2.24) is 20.3 Å². The first-order valence-corrected chi connectivity index (χ1v) is 10.8. The molecular formula is C23H20F4N6O4. The highest BCUT2D eigenvalue weighted by Gasteiger charge is 2.46. The number of anilines is 3. The van der Waals surface area contributed by atoms with E-state index in [1.54, 1.807) is 0 Å².